The molecule has 1 aliphatic heterocycles. The molecule has 1 aromatic carbocycles. The van der Waals surface area contributed by atoms with Gasteiger partial charge in [0, 0.05) is 25.2 Å². The van der Waals surface area contributed by atoms with Gasteiger partial charge in [0.25, 0.3) is 5.91 Å². The molecule has 1 saturated heterocycles. The number of rotatable bonds is 4. The summed E-state index contributed by atoms with van der Waals surface area (Å²) in [7, 11) is 0. The van der Waals surface area contributed by atoms with Gasteiger partial charge in [-0.3, -0.25) is 9.59 Å². The molecular weight excluding hydrogens is 373 g/mol. The fraction of sp³-hybridized carbons (Fsp3) is 0.500. The first-order chi connectivity index (χ1) is 14.1. The third kappa shape index (κ3) is 4.49. The Morgan fingerprint density at radius 2 is 1.90 bits per heavy atom. The third-order valence-electron chi connectivity index (χ3n) is 5.90. The molecule has 154 valence electrons. The second-order valence-electron chi connectivity index (χ2n) is 7.99. The zero-order chi connectivity index (χ0) is 20.2. The van der Waals surface area contributed by atoms with Crippen molar-refractivity contribution in [1.82, 2.24) is 15.4 Å². The van der Waals surface area contributed by atoms with Crippen molar-refractivity contribution < 1.29 is 18.5 Å². The van der Waals surface area contributed by atoms with Gasteiger partial charge in [0.1, 0.15) is 5.82 Å². The average molecular weight is 399 g/mol. The van der Waals surface area contributed by atoms with Crippen molar-refractivity contribution in [3.05, 3.63) is 41.8 Å². The Bertz CT molecular complexity index is 876. The Morgan fingerprint density at radius 3 is 2.69 bits per heavy atom. The van der Waals surface area contributed by atoms with Crippen LogP contribution in [0.1, 0.15) is 55.4 Å². The summed E-state index contributed by atoms with van der Waals surface area (Å²) in [5.41, 5.74) is 0.402. The van der Waals surface area contributed by atoms with E-state index in [9.17, 15) is 14.0 Å². The molecule has 4 rings (SSSR count). The molecule has 6 nitrogen and oxygen atoms in total. The monoisotopic (exact) mass is 399 g/mol. The Hall–Kier alpha value is -2.70. The summed E-state index contributed by atoms with van der Waals surface area (Å²) in [6, 6.07) is 7.93. The van der Waals surface area contributed by atoms with Crippen LogP contribution in [0, 0.1) is 11.7 Å². The molecule has 7 heteroatoms. The summed E-state index contributed by atoms with van der Waals surface area (Å²) in [4.78, 5) is 27.2. The predicted octanol–water partition coefficient (Wildman–Crippen LogP) is 3.78. The number of carbonyl (C=O) groups excluding carboxylic acids is 2. The van der Waals surface area contributed by atoms with Crippen LogP contribution in [0.15, 0.2) is 34.9 Å². The Labute approximate surface area is 169 Å². The molecular formula is C22H26FN3O3. The molecule has 1 N–H and O–H groups in total. The molecule has 0 bridgehead atoms. The largest absolute Gasteiger partial charge is 0.355 e. The van der Waals surface area contributed by atoms with Crippen LogP contribution in [-0.2, 0) is 4.79 Å². The molecule has 1 aliphatic carbocycles. The summed E-state index contributed by atoms with van der Waals surface area (Å²) >= 11 is 0. The van der Waals surface area contributed by atoms with Crippen molar-refractivity contribution in [3.63, 3.8) is 0 Å². The summed E-state index contributed by atoms with van der Waals surface area (Å²) in [6.45, 7) is 0.952. The van der Waals surface area contributed by atoms with Gasteiger partial charge in [0.05, 0.1) is 11.5 Å². The molecule has 1 aromatic heterocycles. The number of nitrogens with zero attached hydrogens (tertiary/aromatic N) is 2. The van der Waals surface area contributed by atoms with E-state index in [1.165, 1.54) is 18.6 Å². The van der Waals surface area contributed by atoms with Crippen molar-refractivity contribution in [2.24, 2.45) is 5.92 Å². The Balaban J connectivity index is 1.40. The van der Waals surface area contributed by atoms with E-state index in [4.69, 9.17) is 4.52 Å². The fourth-order valence-corrected chi connectivity index (χ4v) is 4.27. The topological polar surface area (TPSA) is 75.4 Å². The molecule has 0 spiro atoms. The summed E-state index contributed by atoms with van der Waals surface area (Å²) in [6.07, 6.45) is 7.20. The van der Waals surface area contributed by atoms with E-state index in [2.05, 4.69) is 10.5 Å². The van der Waals surface area contributed by atoms with Crippen LogP contribution in [0.5, 0.6) is 0 Å². The highest BCUT2D eigenvalue weighted by Crippen LogP contribution is 2.25. The molecule has 2 aromatic rings. The van der Waals surface area contributed by atoms with Crippen LogP contribution < -0.4 is 5.32 Å². The minimum atomic E-state index is -0.430. The minimum Gasteiger partial charge on any atom is -0.355 e. The number of likely N-dealkylation sites (tertiary alicyclic amines) is 1. The summed E-state index contributed by atoms with van der Waals surface area (Å²) < 4.78 is 19.1. The first kappa shape index (κ1) is 19.6. The van der Waals surface area contributed by atoms with Crippen molar-refractivity contribution in [2.75, 3.05) is 13.1 Å². The maximum absolute atomic E-state index is 13.9. The fourth-order valence-electron chi connectivity index (χ4n) is 4.27. The highest BCUT2D eigenvalue weighted by atomic mass is 19.1. The van der Waals surface area contributed by atoms with Gasteiger partial charge in [-0.1, -0.05) is 36.6 Å². The van der Waals surface area contributed by atoms with E-state index in [0.717, 1.165) is 38.5 Å². The van der Waals surface area contributed by atoms with Crippen LogP contribution in [0.25, 0.3) is 11.3 Å². The van der Waals surface area contributed by atoms with Crippen LogP contribution in [0.4, 0.5) is 4.39 Å². The van der Waals surface area contributed by atoms with Crippen molar-refractivity contribution >= 4 is 11.8 Å². The number of hydrogen-bond acceptors (Lipinski definition) is 4. The first-order valence-electron chi connectivity index (χ1n) is 10.4. The quantitative estimate of drug-likeness (QED) is 0.849. The Kier molecular flexibility index (Phi) is 5.92. The van der Waals surface area contributed by atoms with Gasteiger partial charge in [-0.25, -0.2) is 4.39 Å². The van der Waals surface area contributed by atoms with E-state index in [-0.39, 0.29) is 40.8 Å². The lowest BCUT2D eigenvalue weighted by molar-refractivity contribution is -0.127. The maximum atomic E-state index is 13.9. The van der Waals surface area contributed by atoms with Gasteiger partial charge in [0.2, 0.25) is 5.91 Å². The zero-order valence-corrected chi connectivity index (χ0v) is 16.4. The molecule has 1 atom stereocenters. The van der Waals surface area contributed by atoms with E-state index in [1.807, 2.05) is 0 Å². The normalized spacial score (nSPS) is 20.4. The van der Waals surface area contributed by atoms with Gasteiger partial charge in [-0.2, -0.15) is 0 Å². The number of amides is 2. The molecule has 29 heavy (non-hydrogen) atoms. The lowest BCUT2D eigenvalue weighted by atomic mass is 9.93. The summed E-state index contributed by atoms with van der Waals surface area (Å²) in [5, 5.41) is 7.01. The van der Waals surface area contributed by atoms with E-state index in [1.54, 1.807) is 23.1 Å². The van der Waals surface area contributed by atoms with E-state index >= 15 is 0 Å². The lowest BCUT2D eigenvalue weighted by Crippen LogP contribution is -2.48. The van der Waals surface area contributed by atoms with Crippen molar-refractivity contribution in [1.29, 1.82) is 0 Å². The number of aromatic nitrogens is 1. The first-order valence-corrected chi connectivity index (χ1v) is 10.4. The van der Waals surface area contributed by atoms with Gasteiger partial charge in [-0.15, -0.1) is 0 Å². The average Bonchev–Trinajstić information content (AvgIpc) is 3.24. The minimum absolute atomic E-state index is 0.0431. The highest BCUT2D eigenvalue weighted by Gasteiger charge is 2.31. The third-order valence-corrected chi connectivity index (χ3v) is 5.90. The summed E-state index contributed by atoms with van der Waals surface area (Å²) in [5.74, 6) is -0.657. The van der Waals surface area contributed by atoms with Crippen molar-refractivity contribution in [2.45, 2.75) is 51.0 Å². The second kappa shape index (κ2) is 8.76. The van der Waals surface area contributed by atoms with E-state index < -0.39 is 5.82 Å². The molecule has 0 radical (unpaired) electrons. The van der Waals surface area contributed by atoms with E-state index in [0.29, 0.717) is 13.1 Å². The Morgan fingerprint density at radius 1 is 1.10 bits per heavy atom. The smallest absolute Gasteiger partial charge is 0.276 e. The molecule has 2 heterocycles. The van der Waals surface area contributed by atoms with Crippen LogP contribution in [0.3, 0.4) is 0 Å². The maximum Gasteiger partial charge on any atom is 0.276 e. The number of hydrogen-bond donors (Lipinski definition) is 1. The number of carbonyl (C=O) groups is 2. The standard InChI is InChI=1S/C22H26FN3O3/c23-18-11-5-4-10-17(18)20-13-19(25-29-20)22(28)26-12-6-7-15(14-26)21(27)24-16-8-2-1-3-9-16/h4-5,10-11,13,15-16H,1-3,6-9,12,14H2,(H,24,27). The predicted molar refractivity (Wildman–Crippen MR) is 106 cm³/mol. The van der Waals surface area contributed by atoms with Gasteiger partial charge >= 0.3 is 0 Å². The highest BCUT2D eigenvalue weighted by molar-refractivity contribution is 5.93. The zero-order valence-electron chi connectivity index (χ0n) is 16.4. The number of piperidine rings is 1. The molecule has 1 saturated carbocycles. The number of benzene rings is 1. The van der Waals surface area contributed by atoms with Crippen LogP contribution in [-0.4, -0.2) is 41.0 Å². The lowest BCUT2D eigenvalue weighted by Gasteiger charge is -2.33. The van der Waals surface area contributed by atoms with Gasteiger partial charge < -0.3 is 14.7 Å². The number of halogens is 1. The molecule has 2 fully saturated rings. The van der Waals surface area contributed by atoms with Gasteiger partial charge in [0.15, 0.2) is 11.5 Å². The molecule has 2 amide bonds. The SMILES string of the molecule is O=C(NC1CCCCC1)C1CCCN(C(=O)c2cc(-c3ccccc3F)on2)C1. The second-order valence-corrected chi connectivity index (χ2v) is 7.99. The van der Waals surface area contributed by atoms with Gasteiger partial charge in [-0.05, 0) is 37.8 Å². The van der Waals surface area contributed by atoms with Crippen LogP contribution >= 0.6 is 0 Å². The van der Waals surface area contributed by atoms with Crippen molar-refractivity contribution in [3.8, 4) is 11.3 Å². The van der Waals surface area contributed by atoms with Crippen LogP contribution in [0.2, 0.25) is 0 Å². The molecule has 2 aliphatic rings. The number of nitrogens with one attached hydrogen (secondary N) is 1. The molecule has 1 unspecified atom stereocenters.